The number of hydrogen-bond donors (Lipinski definition) is 1. The first-order valence-corrected chi connectivity index (χ1v) is 4.90. The Morgan fingerprint density at radius 2 is 2.27 bits per heavy atom. The summed E-state index contributed by atoms with van der Waals surface area (Å²) in [5, 5.41) is 7.22. The standard InChI is InChI=1S/C10H18N4O/c1-8-9(6-12-14(8)4)5-11-7-10(15)13(2)3/h6,11H,5,7H2,1-4H3. The molecule has 0 aliphatic heterocycles. The highest BCUT2D eigenvalue weighted by Crippen LogP contribution is 2.04. The molecule has 0 saturated heterocycles. The highest BCUT2D eigenvalue weighted by Gasteiger charge is 2.05. The average Bonchev–Trinajstić information content (AvgIpc) is 2.49. The molecule has 0 aromatic carbocycles. The van der Waals surface area contributed by atoms with Gasteiger partial charge in [-0.15, -0.1) is 0 Å². The summed E-state index contributed by atoms with van der Waals surface area (Å²) in [6, 6.07) is 0. The fourth-order valence-electron chi connectivity index (χ4n) is 1.18. The van der Waals surface area contributed by atoms with Gasteiger partial charge in [-0.05, 0) is 6.92 Å². The van der Waals surface area contributed by atoms with Gasteiger partial charge in [-0.3, -0.25) is 9.48 Å². The summed E-state index contributed by atoms with van der Waals surface area (Å²) in [5.41, 5.74) is 2.25. The van der Waals surface area contributed by atoms with Crippen LogP contribution in [0.3, 0.4) is 0 Å². The van der Waals surface area contributed by atoms with Gasteiger partial charge in [-0.2, -0.15) is 5.10 Å². The van der Waals surface area contributed by atoms with Gasteiger partial charge in [-0.25, -0.2) is 0 Å². The van der Waals surface area contributed by atoms with E-state index in [1.165, 1.54) is 0 Å². The summed E-state index contributed by atoms with van der Waals surface area (Å²) >= 11 is 0. The second kappa shape index (κ2) is 4.93. The molecule has 0 bridgehead atoms. The van der Waals surface area contributed by atoms with Gasteiger partial charge < -0.3 is 10.2 Å². The minimum absolute atomic E-state index is 0.0801. The SMILES string of the molecule is Cc1c(CNCC(=O)N(C)C)cnn1C. The van der Waals surface area contributed by atoms with Crippen LogP contribution in [0, 0.1) is 6.92 Å². The molecule has 0 radical (unpaired) electrons. The van der Waals surface area contributed by atoms with Crippen LogP contribution in [0.1, 0.15) is 11.3 Å². The molecule has 0 saturated carbocycles. The van der Waals surface area contributed by atoms with Crippen molar-refractivity contribution in [3.63, 3.8) is 0 Å². The zero-order valence-electron chi connectivity index (χ0n) is 9.74. The van der Waals surface area contributed by atoms with Crippen molar-refractivity contribution in [3.05, 3.63) is 17.5 Å². The van der Waals surface area contributed by atoms with Gasteiger partial charge in [0.2, 0.25) is 5.91 Å². The third kappa shape index (κ3) is 3.06. The van der Waals surface area contributed by atoms with Crippen LogP contribution in [0.25, 0.3) is 0 Å². The molecule has 1 aromatic heterocycles. The molecule has 1 rings (SSSR count). The molecule has 5 nitrogen and oxygen atoms in total. The molecule has 84 valence electrons. The maximum atomic E-state index is 11.3. The molecule has 1 aromatic rings. The molecule has 15 heavy (non-hydrogen) atoms. The molecule has 5 heteroatoms. The van der Waals surface area contributed by atoms with Crippen molar-refractivity contribution in [2.24, 2.45) is 7.05 Å². The Morgan fingerprint density at radius 1 is 1.60 bits per heavy atom. The Bertz CT molecular complexity index is 343. The van der Waals surface area contributed by atoms with Crippen LogP contribution in [0.5, 0.6) is 0 Å². The fourth-order valence-corrected chi connectivity index (χ4v) is 1.18. The topological polar surface area (TPSA) is 50.2 Å². The lowest BCUT2D eigenvalue weighted by Gasteiger charge is -2.10. The Kier molecular flexibility index (Phi) is 3.85. The summed E-state index contributed by atoms with van der Waals surface area (Å²) in [4.78, 5) is 12.8. The lowest BCUT2D eigenvalue weighted by Crippen LogP contribution is -2.32. The summed E-state index contributed by atoms with van der Waals surface area (Å²) < 4.78 is 1.82. The largest absolute Gasteiger partial charge is 0.348 e. The van der Waals surface area contributed by atoms with E-state index >= 15 is 0 Å². The number of rotatable bonds is 4. The van der Waals surface area contributed by atoms with Crippen LogP contribution in [0.2, 0.25) is 0 Å². The van der Waals surface area contributed by atoms with E-state index in [9.17, 15) is 4.79 Å². The van der Waals surface area contributed by atoms with Crippen LogP contribution in [-0.2, 0) is 18.4 Å². The molecule has 0 aliphatic rings. The summed E-state index contributed by atoms with van der Waals surface area (Å²) in [6.45, 7) is 3.05. The lowest BCUT2D eigenvalue weighted by atomic mass is 10.2. The Balaban J connectivity index is 2.38. The van der Waals surface area contributed by atoms with Crippen molar-refractivity contribution in [2.75, 3.05) is 20.6 Å². The van der Waals surface area contributed by atoms with Gasteiger partial charge >= 0.3 is 0 Å². The van der Waals surface area contributed by atoms with E-state index in [2.05, 4.69) is 10.4 Å². The molecule has 1 N–H and O–H groups in total. The average molecular weight is 210 g/mol. The highest BCUT2D eigenvalue weighted by molar-refractivity contribution is 5.77. The number of likely N-dealkylation sites (N-methyl/N-ethyl adjacent to an activating group) is 1. The van der Waals surface area contributed by atoms with Gasteiger partial charge in [0.1, 0.15) is 0 Å². The van der Waals surface area contributed by atoms with Gasteiger partial charge in [0, 0.05) is 38.9 Å². The van der Waals surface area contributed by atoms with Crippen molar-refractivity contribution in [1.82, 2.24) is 20.0 Å². The van der Waals surface area contributed by atoms with Crippen LogP contribution >= 0.6 is 0 Å². The second-order valence-electron chi connectivity index (χ2n) is 3.77. The highest BCUT2D eigenvalue weighted by atomic mass is 16.2. The van der Waals surface area contributed by atoms with E-state index in [-0.39, 0.29) is 5.91 Å². The maximum absolute atomic E-state index is 11.3. The monoisotopic (exact) mass is 210 g/mol. The molecule has 0 atom stereocenters. The summed E-state index contributed by atoms with van der Waals surface area (Å²) in [6.07, 6.45) is 1.82. The van der Waals surface area contributed by atoms with Gasteiger partial charge in [0.25, 0.3) is 0 Å². The zero-order valence-corrected chi connectivity index (χ0v) is 9.74. The normalized spacial score (nSPS) is 10.4. The van der Waals surface area contributed by atoms with Crippen molar-refractivity contribution in [2.45, 2.75) is 13.5 Å². The molecule has 1 heterocycles. The predicted octanol–water partition coefficient (Wildman–Crippen LogP) is -0.0937. The number of hydrogen-bond acceptors (Lipinski definition) is 3. The van der Waals surface area contributed by atoms with Crippen LogP contribution in [-0.4, -0.2) is 41.2 Å². The van der Waals surface area contributed by atoms with E-state index in [0.29, 0.717) is 13.1 Å². The fraction of sp³-hybridized carbons (Fsp3) is 0.600. The van der Waals surface area contributed by atoms with Gasteiger partial charge in [0.15, 0.2) is 0 Å². The van der Waals surface area contributed by atoms with Crippen LogP contribution in [0.4, 0.5) is 0 Å². The van der Waals surface area contributed by atoms with E-state index in [4.69, 9.17) is 0 Å². The van der Waals surface area contributed by atoms with E-state index in [1.54, 1.807) is 19.0 Å². The van der Waals surface area contributed by atoms with E-state index in [0.717, 1.165) is 11.3 Å². The minimum Gasteiger partial charge on any atom is -0.348 e. The van der Waals surface area contributed by atoms with Crippen molar-refractivity contribution < 1.29 is 4.79 Å². The number of carbonyl (C=O) groups excluding carboxylic acids is 1. The summed E-state index contributed by atoms with van der Waals surface area (Å²) in [5.74, 6) is 0.0801. The van der Waals surface area contributed by atoms with Crippen LogP contribution in [0.15, 0.2) is 6.20 Å². The second-order valence-corrected chi connectivity index (χ2v) is 3.77. The maximum Gasteiger partial charge on any atom is 0.236 e. The molecular weight excluding hydrogens is 192 g/mol. The first-order valence-electron chi connectivity index (χ1n) is 4.90. The zero-order chi connectivity index (χ0) is 11.4. The molecule has 0 spiro atoms. The molecule has 0 fully saturated rings. The van der Waals surface area contributed by atoms with Gasteiger partial charge in [-0.1, -0.05) is 0 Å². The molecule has 0 aliphatic carbocycles. The third-order valence-electron chi connectivity index (χ3n) is 2.43. The number of amides is 1. The third-order valence-corrected chi connectivity index (χ3v) is 2.43. The number of aryl methyl sites for hydroxylation is 1. The Hall–Kier alpha value is -1.36. The van der Waals surface area contributed by atoms with Gasteiger partial charge in [0.05, 0.1) is 12.7 Å². The number of carbonyl (C=O) groups is 1. The first-order chi connectivity index (χ1) is 7.02. The molecular formula is C10H18N4O. The number of nitrogens with zero attached hydrogens (tertiary/aromatic N) is 3. The quantitative estimate of drug-likeness (QED) is 0.755. The molecule has 0 unspecified atom stereocenters. The predicted molar refractivity (Wildman–Crippen MR) is 58.3 cm³/mol. The van der Waals surface area contributed by atoms with E-state index in [1.807, 2.05) is 24.9 Å². The van der Waals surface area contributed by atoms with Crippen molar-refractivity contribution >= 4 is 5.91 Å². The Morgan fingerprint density at radius 3 is 2.73 bits per heavy atom. The smallest absolute Gasteiger partial charge is 0.236 e. The number of nitrogens with one attached hydrogen (secondary N) is 1. The Labute approximate surface area is 90.1 Å². The van der Waals surface area contributed by atoms with Crippen molar-refractivity contribution in [3.8, 4) is 0 Å². The molecule has 1 amide bonds. The number of aromatic nitrogens is 2. The first kappa shape index (κ1) is 11.7. The lowest BCUT2D eigenvalue weighted by molar-refractivity contribution is -0.127. The van der Waals surface area contributed by atoms with Crippen molar-refractivity contribution in [1.29, 1.82) is 0 Å². The minimum atomic E-state index is 0.0801. The van der Waals surface area contributed by atoms with Crippen LogP contribution < -0.4 is 5.32 Å². The summed E-state index contributed by atoms with van der Waals surface area (Å²) in [7, 11) is 5.41. The van der Waals surface area contributed by atoms with E-state index < -0.39 is 0 Å².